The highest BCUT2D eigenvalue weighted by Gasteiger charge is 2.32. The van der Waals surface area contributed by atoms with E-state index >= 15 is 0 Å². The number of nitrogens with one attached hydrogen (secondary N) is 1. The monoisotopic (exact) mass is 391 g/mol. The molecule has 0 atom stereocenters. The van der Waals surface area contributed by atoms with Crippen molar-refractivity contribution in [1.29, 1.82) is 0 Å². The first-order valence-electron chi connectivity index (χ1n) is 8.54. The molecule has 0 aliphatic carbocycles. The Morgan fingerprint density at radius 3 is 2.21 bits per heavy atom. The van der Waals surface area contributed by atoms with Crippen molar-refractivity contribution < 1.29 is 22.6 Å². The van der Waals surface area contributed by atoms with E-state index < -0.39 is 11.7 Å². The Kier molecular flexibility index (Phi) is 5.31. The molecule has 5 nitrogen and oxygen atoms in total. The third-order valence-corrected chi connectivity index (χ3v) is 4.67. The molecule has 1 N–H and O–H groups in total. The Morgan fingerprint density at radius 2 is 1.61 bits per heavy atom. The molecule has 0 fully saturated rings. The number of hydrogen-bond acceptors (Lipinski definition) is 5. The maximum Gasteiger partial charge on any atom is 0.416 e. The predicted molar refractivity (Wildman–Crippen MR) is 101 cm³/mol. The number of aromatic nitrogens is 2. The van der Waals surface area contributed by atoms with Crippen molar-refractivity contribution in [1.82, 2.24) is 10.2 Å². The zero-order valence-electron chi connectivity index (χ0n) is 15.9. The van der Waals surface area contributed by atoms with E-state index in [4.69, 9.17) is 9.47 Å². The lowest BCUT2D eigenvalue weighted by Crippen LogP contribution is -2.11. The largest absolute Gasteiger partial charge is 0.493 e. The minimum Gasteiger partial charge on any atom is -0.493 e. The molecule has 148 valence electrons. The normalized spacial score (nSPS) is 11.5. The number of rotatable bonds is 5. The summed E-state index contributed by atoms with van der Waals surface area (Å²) < 4.78 is 50.1. The van der Waals surface area contributed by atoms with Gasteiger partial charge in [-0.25, -0.2) is 0 Å². The number of aryl methyl sites for hydroxylation is 1. The molecule has 0 saturated heterocycles. The summed E-state index contributed by atoms with van der Waals surface area (Å²) in [4.78, 5) is 0. The van der Waals surface area contributed by atoms with Crippen LogP contribution in [0.15, 0.2) is 30.3 Å². The average Bonchev–Trinajstić information content (AvgIpc) is 2.66. The van der Waals surface area contributed by atoms with Crippen LogP contribution in [0.25, 0.3) is 10.8 Å². The van der Waals surface area contributed by atoms with Crippen LogP contribution in [0, 0.1) is 13.8 Å². The number of alkyl halides is 3. The van der Waals surface area contributed by atoms with Crippen LogP contribution in [0.3, 0.4) is 0 Å². The summed E-state index contributed by atoms with van der Waals surface area (Å²) in [7, 11) is 3.08. The smallest absolute Gasteiger partial charge is 0.416 e. The van der Waals surface area contributed by atoms with E-state index in [0.717, 1.165) is 16.8 Å². The third kappa shape index (κ3) is 3.67. The fourth-order valence-electron chi connectivity index (χ4n) is 3.10. The lowest BCUT2D eigenvalue weighted by molar-refractivity contribution is -0.138. The van der Waals surface area contributed by atoms with Crippen molar-refractivity contribution >= 4 is 16.6 Å². The van der Waals surface area contributed by atoms with Gasteiger partial charge in [0.15, 0.2) is 17.3 Å². The molecule has 1 heterocycles. The van der Waals surface area contributed by atoms with E-state index in [9.17, 15) is 13.2 Å². The quantitative estimate of drug-likeness (QED) is 0.671. The van der Waals surface area contributed by atoms with Crippen LogP contribution in [0.2, 0.25) is 0 Å². The first kappa shape index (κ1) is 19.7. The van der Waals surface area contributed by atoms with Gasteiger partial charge < -0.3 is 14.8 Å². The molecule has 28 heavy (non-hydrogen) atoms. The number of methoxy groups -OCH3 is 2. The summed E-state index contributed by atoms with van der Waals surface area (Å²) in [6, 6.07) is 7.72. The molecule has 0 amide bonds. The van der Waals surface area contributed by atoms with Gasteiger partial charge in [-0.05, 0) is 43.2 Å². The van der Waals surface area contributed by atoms with Crippen molar-refractivity contribution in [2.75, 3.05) is 19.5 Å². The highest BCUT2D eigenvalue weighted by Crippen LogP contribution is 2.36. The van der Waals surface area contributed by atoms with Gasteiger partial charge in [-0.15, -0.1) is 5.10 Å². The second-order valence-corrected chi connectivity index (χ2v) is 6.33. The number of fused-ring (bicyclic) bond motifs is 1. The maximum atomic E-state index is 13.1. The summed E-state index contributed by atoms with van der Waals surface area (Å²) in [6.45, 7) is 3.46. The highest BCUT2D eigenvalue weighted by molar-refractivity contribution is 5.95. The van der Waals surface area contributed by atoms with Crippen molar-refractivity contribution in [2.24, 2.45) is 0 Å². The first-order chi connectivity index (χ1) is 13.3. The van der Waals surface area contributed by atoms with Crippen LogP contribution in [0.1, 0.15) is 22.4 Å². The second-order valence-electron chi connectivity index (χ2n) is 6.33. The number of nitrogens with zero attached hydrogens (tertiary/aromatic N) is 2. The number of halogens is 3. The number of hydrogen-bond donors (Lipinski definition) is 1. The molecule has 0 unspecified atom stereocenters. The van der Waals surface area contributed by atoms with Gasteiger partial charge in [-0.3, -0.25) is 0 Å². The standard InChI is InChI=1S/C20H20F3N3O2/c1-11-13(6-5-7-16(11)20(21,22)23)10-24-19-15-9-18(28-4)17(27-3)8-14(15)12(2)25-26-19/h5-9H,10H2,1-4H3,(H,24,26). The van der Waals surface area contributed by atoms with Gasteiger partial charge in [0.1, 0.15) is 0 Å². The van der Waals surface area contributed by atoms with Gasteiger partial charge >= 0.3 is 6.18 Å². The minimum absolute atomic E-state index is 0.178. The Bertz CT molecular complexity index is 1020. The van der Waals surface area contributed by atoms with Crippen LogP contribution in [0.4, 0.5) is 19.0 Å². The molecule has 0 spiro atoms. The van der Waals surface area contributed by atoms with Crippen molar-refractivity contribution in [2.45, 2.75) is 26.6 Å². The van der Waals surface area contributed by atoms with Crippen molar-refractivity contribution in [3.8, 4) is 11.5 Å². The lowest BCUT2D eigenvalue weighted by atomic mass is 10.0. The summed E-state index contributed by atoms with van der Waals surface area (Å²) in [5.74, 6) is 1.55. The van der Waals surface area contributed by atoms with Gasteiger partial charge in [-0.1, -0.05) is 12.1 Å². The molecule has 0 bridgehead atoms. The van der Waals surface area contributed by atoms with Crippen LogP contribution >= 0.6 is 0 Å². The number of benzene rings is 2. The number of ether oxygens (including phenoxy) is 2. The lowest BCUT2D eigenvalue weighted by Gasteiger charge is -2.16. The Labute approximate surface area is 160 Å². The first-order valence-corrected chi connectivity index (χ1v) is 8.54. The van der Waals surface area contributed by atoms with E-state index in [1.807, 2.05) is 6.92 Å². The third-order valence-electron chi connectivity index (χ3n) is 4.67. The average molecular weight is 391 g/mol. The van der Waals surface area contributed by atoms with Gasteiger partial charge in [-0.2, -0.15) is 18.3 Å². The summed E-state index contributed by atoms with van der Waals surface area (Å²) in [5, 5.41) is 13.0. The zero-order valence-corrected chi connectivity index (χ0v) is 15.9. The molecule has 3 rings (SSSR count). The van der Waals surface area contributed by atoms with Crippen molar-refractivity contribution in [3.05, 3.63) is 52.7 Å². The second kappa shape index (κ2) is 7.53. The molecular weight excluding hydrogens is 371 g/mol. The van der Waals surface area contributed by atoms with Crippen LogP contribution in [-0.4, -0.2) is 24.4 Å². The molecule has 0 saturated carbocycles. The summed E-state index contributed by atoms with van der Waals surface area (Å²) >= 11 is 0. The van der Waals surface area contributed by atoms with Crippen LogP contribution < -0.4 is 14.8 Å². The zero-order chi connectivity index (χ0) is 20.5. The SMILES string of the molecule is COc1cc2c(C)nnc(NCc3cccc(C(F)(F)F)c3C)c2cc1OC. The molecule has 2 aromatic carbocycles. The molecule has 8 heteroatoms. The van der Waals surface area contributed by atoms with Gasteiger partial charge in [0.05, 0.1) is 25.5 Å². The fraction of sp³-hybridized carbons (Fsp3) is 0.300. The summed E-state index contributed by atoms with van der Waals surface area (Å²) in [5.41, 5.74) is 0.784. The van der Waals surface area contributed by atoms with Crippen molar-refractivity contribution in [3.63, 3.8) is 0 Å². The fourth-order valence-corrected chi connectivity index (χ4v) is 3.10. The van der Waals surface area contributed by atoms with Gasteiger partial charge in [0, 0.05) is 17.3 Å². The Hall–Kier alpha value is -3.03. The van der Waals surface area contributed by atoms with Gasteiger partial charge in [0.25, 0.3) is 0 Å². The van der Waals surface area contributed by atoms with E-state index in [0.29, 0.717) is 28.6 Å². The molecule has 0 radical (unpaired) electrons. The molecule has 0 aliphatic rings. The molecule has 3 aromatic rings. The predicted octanol–water partition coefficient (Wildman–Crippen LogP) is 4.89. The van der Waals surface area contributed by atoms with Crippen LogP contribution in [0.5, 0.6) is 11.5 Å². The number of anilines is 1. The molecule has 0 aliphatic heterocycles. The van der Waals surface area contributed by atoms with E-state index in [-0.39, 0.29) is 12.1 Å². The van der Waals surface area contributed by atoms with Crippen LogP contribution in [-0.2, 0) is 12.7 Å². The van der Waals surface area contributed by atoms with E-state index in [1.165, 1.54) is 20.1 Å². The summed E-state index contributed by atoms with van der Waals surface area (Å²) in [6.07, 6.45) is -4.39. The van der Waals surface area contributed by atoms with E-state index in [2.05, 4.69) is 15.5 Å². The molecular formula is C20H20F3N3O2. The Balaban J connectivity index is 1.99. The maximum absolute atomic E-state index is 13.1. The highest BCUT2D eigenvalue weighted by atomic mass is 19.4. The molecule has 1 aromatic heterocycles. The minimum atomic E-state index is -4.39. The Morgan fingerprint density at radius 1 is 0.964 bits per heavy atom. The van der Waals surface area contributed by atoms with Gasteiger partial charge in [0.2, 0.25) is 0 Å². The van der Waals surface area contributed by atoms with E-state index in [1.54, 1.807) is 25.3 Å². The topological polar surface area (TPSA) is 56.3 Å².